The van der Waals surface area contributed by atoms with Gasteiger partial charge < -0.3 is 15.0 Å². The Labute approximate surface area is 190 Å². The molecule has 0 spiro atoms. The van der Waals surface area contributed by atoms with Gasteiger partial charge in [0.2, 0.25) is 11.8 Å². The van der Waals surface area contributed by atoms with Crippen LogP contribution in [-0.2, 0) is 21.9 Å². The van der Waals surface area contributed by atoms with E-state index in [1.165, 1.54) is 5.56 Å². The molecule has 6 heteroatoms. The van der Waals surface area contributed by atoms with Crippen LogP contribution in [-0.4, -0.2) is 41.2 Å². The van der Waals surface area contributed by atoms with Crippen molar-refractivity contribution in [2.24, 2.45) is 0 Å². The van der Waals surface area contributed by atoms with Crippen LogP contribution in [0.1, 0.15) is 45.2 Å². The Hall–Kier alpha value is -2.47. The van der Waals surface area contributed by atoms with Crippen molar-refractivity contribution >= 4 is 23.6 Å². The second kappa shape index (κ2) is 11.8. The number of thioether (sulfide) groups is 1. The van der Waals surface area contributed by atoms with E-state index in [1.807, 2.05) is 70.2 Å². The van der Waals surface area contributed by atoms with Crippen LogP contribution < -0.4 is 10.1 Å². The normalized spacial score (nSPS) is 12.2. The van der Waals surface area contributed by atoms with Crippen LogP contribution >= 0.6 is 11.8 Å². The minimum Gasteiger partial charge on any atom is -0.497 e. The number of methoxy groups -OCH3 is 1. The van der Waals surface area contributed by atoms with Crippen LogP contribution in [0.15, 0.2) is 54.6 Å². The van der Waals surface area contributed by atoms with E-state index in [4.69, 9.17) is 4.74 Å². The fourth-order valence-electron chi connectivity index (χ4n) is 3.21. The van der Waals surface area contributed by atoms with E-state index >= 15 is 0 Å². The number of nitrogens with one attached hydrogen (secondary N) is 1. The van der Waals surface area contributed by atoms with E-state index in [1.54, 1.807) is 23.8 Å². The lowest BCUT2D eigenvalue weighted by Crippen LogP contribution is -2.53. The number of nitrogens with zero attached hydrogens (tertiary/aromatic N) is 1. The van der Waals surface area contributed by atoms with Gasteiger partial charge in [-0.25, -0.2) is 0 Å². The van der Waals surface area contributed by atoms with Crippen LogP contribution in [0.2, 0.25) is 0 Å². The van der Waals surface area contributed by atoms with Gasteiger partial charge in [-0.2, -0.15) is 0 Å². The zero-order valence-corrected chi connectivity index (χ0v) is 20.0. The van der Waals surface area contributed by atoms with Crippen molar-refractivity contribution in [3.8, 4) is 5.75 Å². The zero-order valence-electron chi connectivity index (χ0n) is 19.2. The molecule has 0 aromatic heterocycles. The molecule has 0 aliphatic heterocycles. The fourth-order valence-corrected chi connectivity index (χ4v) is 4.08. The molecule has 0 aliphatic rings. The number of rotatable bonds is 10. The Morgan fingerprint density at radius 3 is 2.23 bits per heavy atom. The van der Waals surface area contributed by atoms with Gasteiger partial charge in [0.05, 0.1) is 12.9 Å². The molecule has 0 aliphatic carbocycles. The number of hydrogen-bond donors (Lipinski definition) is 1. The standard InChI is InChI=1S/C25H34N2O3S/c1-6-22(24(29)26-25(2,3)4)27(16-19-12-14-21(30-5)15-13-19)23(28)18-31-17-20-10-8-7-9-11-20/h7-15,22H,6,16-18H2,1-5H3,(H,26,29)/t22-/m0/s1. The van der Waals surface area contributed by atoms with Crippen LogP contribution in [0.3, 0.4) is 0 Å². The number of ether oxygens (including phenoxy) is 1. The van der Waals surface area contributed by atoms with Gasteiger partial charge in [0.1, 0.15) is 11.8 Å². The number of carbonyl (C=O) groups excluding carboxylic acids is 2. The number of amides is 2. The van der Waals surface area contributed by atoms with Crippen molar-refractivity contribution in [2.45, 2.75) is 58.0 Å². The molecule has 0 saturated heterocycles. The Kier molecular flexibility index (Phi) is 9.44. The molecule has 0 unspecified atom stereocenters. The first-order valence-electron chi connectivity index (χ1n) is 10.6. The summed E-state index contributed by atoms with van der Waals surface area (Å²) in [5.41, 5.74) is 1.78. The van der Waals surface area contributed by atoms with E-state index in [0.29, 0.717) is 18.7 Å². The summed E-state index contributed by atoms with van der Waals surface area (Å²) in [6.07, 6.45) is 0.549. The summed E-state index contributed by atoms with van der Waals surface area (Å²) in [4.78, 5) is 27.9. The zero-order chi connectivity index (χ0) is 22.9. The molecule has 2 aromatic rings. The highest BCUT2D eigenvalue weighted by atomic mass is 32.2. The fraction of sp³-hybridized carbons (Fsp3) is 0.440. The summed E-state index contributed by atoms with van der Waals surface area (Å²) >= 11 is 1.57. The molecule has 31 heavy (non-hydrogen) atoms. The van der Waals surface area contributed by atoms with E-state index in [9.17, 15) is 9.59 Å². The Morgan fingerprint density at radius 1 is 1.03 bits per heavy atom. The van der Waals surface area contributed by atoms with Gasteiger partial charge in [0.15, 0.2) is 0 Å². The van der Waals surface area contributed by atoms with Crippen molar-refractivity contribution < 1.29 is 14.3 Å². The van der Waals surface area contributed by atoms with Gasteiger partial charge in [0, 0.05) is 17.8 Å². The highest BCUT2D eigenvalue weighted by molar-refractivity contribution is 7.99. The van der Waals surface area contributed by atoms with Crippen LogP contribution in [0, 0.1) is 0 Å². The van der Waals surface area contributed by atoms with Crippen molar-refractivity contribution in [2.75, 3.05) is 12.9 Å². The van der Waals surface area contributed by atoms with Crippen molar-refractivity contribution in [1.29, 1.82) is 0 Å². The van der Waals surface area contributed by atoms with Gasteiger partial charge in [-0.15, -0.1) is 11.8 Å². The van der Waals surface area contributed by atoms with Gasteiger partial charge in [-0.05, 0) is 50.5 Å². The first kappa shape index (κ1) is 24.8. The molecule has 5 nitrogen and oxygen atoms in total. The Bertz CT molecular complexity index is 832. The first-order chi connectivity index (χ1) is 14.7. The molecule has 2 amide bonds. The summed E-state index contributed by atoms with van der Waals surface area (Å²) < 4.78 is 5.23. The summed E-state index contributed by atoms with van der Waals surface area (Å²) in [5.74, 6) is 1.69. The van der Waals surface area contributed by atoms with Crippen molar-refractivity contribution in [3.63, 3.8) is 0 Å². The second-order valence-electron chi connectivity index (χ2n) is 8.51. The molecular formula is C25H34N2O3S. The summed E-state index contributed by atoms with van der Waals surface area (Å²) in [6.45, 7) is 8.16. The van der Waals surface area contributed by atoms with Crippen molar-refractivity contribution in [3.05, 3.63) is 65.7 Å². The lowest BCUT2D eigenvalue weighted by molar-refractivity contribution is -0.140. The lowest BCUT2D eigenvalue weighted by atomic mass is 10.1. The molecule has 1 N–H and O–H groups in total. The minimum atomic E-state index is -0.522. The van der Waals surface area contributed by atoms with Crippen LogP contribution in [0.5, 0.6) is 5.75 Å². The maximum atomic E-state index is 13.2. The summed E-state index contributed by atoms with van der Waals surface area (Å²) in [7, 11) is 1.62. The SMILES string of the molecule is CC[C@@H](C(=O)NC(C)(C)C)N(Cc1ccc(OC)cc1)C(=O)CSCc1ccccc1. The average Bonchev–Trinajstić information content (AvgIpc) is 2.73. The maximum Gasteiger partial charge on any atom is 0.243 e. The average molecular weight is 443 g/mol. The third-order valence-electron chi connectivity index (χ3n) is 4.73. The van der Waals surface area contributed by atoms with Gasteiger partial charge in [-0.1, -0.05) is 49.4 Å². The predicted molar refractivity (Wildman–Crippen MR) is 128 cm³/mol. The molecular weight excluding hydrogens is 408 g/mol. The number of benzene rings is 2. The quantitative estimate of drug-likeness (QED) is 0.582. The summed E-state index contributed by atoms with van der Waals surface area (Å²) in [6, 6.07) is 17.2. The summed E-state index contributed by atoms with van der Waals surface area (Å²) in [5, 5.41) is 3.03. The largest absolute Gasteiger partial charge is 0.497 e. The maximum absolute atomic E-state index is 13.2. The highest BCUT2D eigenvalue weighted by Gasteiger charge is 2.30. The topological polar surface area (TPSA) is 58.6 Å². The molecule has 2 rings (SSSR count). The third kappa shape index (κ3) is 8.29. The van der Waals surface area contributed by atoms with E-state index in [2.05, 4.69) is 17.4 Å². The smallest absolute Gasteiger partial charge is 0.243 e. The molecule has 0 fully saturated rings. The molecule has 0 bridgehead atoms. The molecule has 1 atom stereocenters. The number of carbonyl (C=O) groups is 2. The molecule has 0 radical (unpaired) electrons. The van der Waals surface area contributed by atoms with E-state index < -0.39 is 6.04 Å². The van der Waals surface area contributed by atoms with E-state index in [-0.39, 0.29) is 17.4 Å². The molecule has 0 saturated carbocycles. The lowest BCUT2D eigenvalue weighted by Gasteiger charge is -2.33. The number of hydrogen-bond acceptors (Lipinski definition) is 4. The predicted octanol–water partition coefficient (Wildman–Crippen LogP) is 4.65. The highest BCUT2D eigenvalue weighted by Crippen LogP contribution is 2.19. The minimum absolute atomic E-state index is 0.0346. The monoisotopic (exact) mass is 442 g/mol. The first-order valence-corrected chi connectivity index (χ1v) is 11.7. The third-order valence-corrected chi connectivity index (χ3v) is 5.72. The van der Waals surface area contributed by atoms with Gasteiger partial charge in [-0.3, -0.25) is 9.59 Å². The van der Waals surface area contributed by atoms with E-state index in [0.717, 1.165) is 17.1 Å². The van der Waals surface area contributed by atoms with Gasteiger partial charge >= 0.3 is 0 Å². The van der Waals surface area contributed by atoms with Crippen LogP contribution in [0.4, 0.5) is 0 Å². The Balaban J connectivity index is 2.15. The van der Waals surface area contributed by atoms with Gasteiger partial charge in [0.25, 0.3) is 0 Å². The Morgan fingerprint density at radius 2 is 1.68 bits per heavy atom. The molecule has 0 heterocycles. The van der Waals surface area contributed by atoms with Crippen molar-refractivity contribution in [1.82, 2.24) is 10.2 Å². The second-order valence-corrected chi connectivity index (χ2v) is 9.50. The molecule has 168 valence electrons. The molecule has 2 aromatic carbocycles. The van der Waals surface area contributed by atoms with Crippen LogP contribution in [0.25, 0.3) is 0 Å².